The van der Waals surface area contributed by atoms with Gasteiger partial charge in [-0.2, -0.15) is 0 Å². The van der Waals surface area contributed by atoms with Crippen molar-refractivity contribution in [3.63, 3.8) is 0 Å². The molecule has 0 aliphatic heterocycles. The highest BCUT2D eigenvalue weighted by Gasteiger charge is 2.33. The number of nitrogens with zero attached hydrogens (tertiary/aromatic N) is 2. The Morgan fingerprint density at radius 1 is 0.921 bits per heavy atom. The first-order valence-electron chi connectivity index (χ1n) is 11.8. The molecule has 0 aromatic heterocycles. The van der Waals surface area contributed by atoms with Gasteiger partial charge in [0.15, 0.2) is 0 Å². The third-order valence-electron chi connectivity index (χ3n) is 5.61. The fourth-order valence-corrected chi connectivity index (χ4v) is 5.64. The molecule has 1 unspecified atom stereocenters. The van der Waals surface area contributed by atoms with Gasteiger partial charge in [0.05, 0.1) is 10.6 Å². The first-order valence-corrected chi connectivity index (χ1v) is 14.0. The average Bonchev–Trinajstić information content (AvgIpc) is 2.85. The normalized spacial score (nSPS) is 12.2. The number of anilines is 1. The number of amides is 2. The first-order chi connectivity index (χ1) is 17.9. The van der Waals surface area contributed by atoms with Gasteiger partial charge in [-0.3, -0.25) is 13.9 Å². The Morgan fingerprint density at radius 3 is 2.05 bits per heavy atom. The van der Waals surface area contributed by atoms with Crippen LogP contribution in [-0.4, -0.2) is 43.8 Å². The average molecular weight is 581 g/mol. The van der Waals surface area contributed by atoms with Crippen LogP contribution in [0.4, 0.5) is 10.1 Å². The van der Waals surface area contributed by atoms with Gasteiger partial charge < -0.3 is 10.2 Å². The SMILES string of the molecule is CC(C)NC(=O)C(C)N(Cc1ccc(F)cc1)C(=O)CN(c1cc(Cl)cc(Cl)c1)S(=O)(=O)c1ccccc1. The van der Waals surface area contributed by atoms with Crippen LogP contribution in [0.15, 0.2) is 77.7 Å². The number of carbonyl (C=O) groups is 2. The van der Waals surface area contributed by atoms with Crippen molar-refractivity contribution in [3.05, 3.63) is 94.2 Å². The summed E-state index contributed by atoms with van der Waals surface area (Å²) >= 11 is 12.3. The Labute approximate surface area is 232 Å². The highest BCUT2D eigenvalue weighted by molar-refractivity contribution is 7.92. The van der Waals surface area contributed by atoms with E-state index in [0.717, 1.165) is 4.31 Å². The van der Waals surface area contributed by atoms with E-state index in [-0.39, 0.29) is 33.2 Å². The molecule has 11 heteroatoms. The van der Waals surface area contributed by atoms with Crippen LogP contribution < -0.4 is 9.62 Å². The second-order valence-electron chi connectivity index (χ2n) is 8.94. The van der Waals surface area contributed by atoms with Gasteiger partial charge in [0.2, 0.25) is 11.8 Å². The van der Waals surface area contributed by atoms with Gasteiger partial charge in [-0.1, -0.05) is 53.5 Å². The molecule has 0 spiro atoms. The number of hydrogen-bond donors (Lipinski definition) is 1. The van der Waals surface area contributed by atoms with Gasteiger partial charge >= 0.3 is 0 Å². The lowest BCUT2D eigenvalue weighted by atomic mass is 10.1. The maximum Gasteiger partial charge on any atom is 0.264 e. The summed E-state index contributed by atoms with van der Waals surface area (Å²) in [5, 5.41) is 3.13. The van der Waals surface area contributed by atoms with E-state index in [0.29, 0.717) is 5.56 Å². The number of nitrogens with one attached hydrogen (secondary N) is 1. The molecule has 0 aliphatic carbocycles. The van der Waals surface area contributed by atoms with Crippen molar-refractivity contribution in [2.75, 3.05) is 10.8 Å². The van der Waals surface area contributed by atoms with Crippen molar-refractivity contribution in [1.29, 1.82) is 0 Å². The number of halogens is 3. The van der Waals surface area contributed by atoms with Crippen LogP contribution in [0.2, 0.25) is 10.0 Å². The topological polar surface area (TPSA) is 86.8 Å². The Morgan fingerprint density at radius 2 is 1.50 bits per heavy atom. The third-order valence-corrected chi connectivity index (χ3v) is 7.83. The van der Waals surface area contributed by atoms with E-state index >= 15 is 0 Å². The highest BCUT2D eigenvalue weighted by Crippen LogP contribution is 2.30. The zero-order valence-corrected chi connectivity index (χ0v) is 23.4. The van der Waals surface area contributed by atoms with E-state index in [4.69, 9.17) is 23.2 Å². The van der Waals surface area contributed by atoms with Gasteiger partial charge in [-0.25, -0.2) is 12.8 Å². The van der Waals surface area contributed by atoms with Gasteiger partial charge in [-0.05, 0) is 68.8 Å². The van der Waals surface area contributed by atoms with Gasteiger partial charge in [-0.15, -0.1) is 0 Å². The molecule has 202 valence electrons. The second-order valence-corrected chi connectivity index (χ2v) is 11.7. The number of sulfonamides is 1. The summed E-state index contributed by atoms with van der Waals surface area (Å²) in [5.41, 5.74) is 0.646. The molecule has 0 saturated carbocycles. The predicted molar refractivity (Wildman–Crippen MR) is 147 cm³/mol. The molecule has 0 saturated heterocycles. The summed E-state index contributed by atoms with van der Waals surface area (Å²) in [4.78, 5) is 27.9. The van der Waals surface area contributed by atoms with E-state index in [1.807, 2.05) is 0 Å². The summed E-state index contributed by atoms with van der Waals surface area (Å²) < 4.78 is 41.8. The summed E-state index contributed by atoms with van der Waals surface area (Å²) in [7, 11) is -4.24. The molecule has 0 fully saturated rings. The standard InChI is InChI=1S/C27H28Cl2FN3O4S/c1-18(2)31-27(35)19(3)32(16-20-9-11-23(30)12-10-20)26(34)17-33(24-14-21(28)13-22(29)15-24)38(36,37)25-7-5-4-6-8-25/h4-15,18-19H,16-17H2,1-3H3,(H,31,35). The Balaban J connectivity index is 2.05. The van der Waals surface area contributed by atoms with Crippen LogP contribution in [-0.2, 0) is 26.2 Å². The molecule has 1 N–H and O–H groups in total. The minimum absolute atomic E-state index is 0.0421. The minimum atomic E-state index is -4.24. The van der Waals surface area contributed by atoms with Crippen molar-refractivity contribution >= 4 is 50.7 Å². The largest absolute Gasteiger partial charge is 0.352 e. The fourth-order valence-electron chi connectivity index (χ4n) is 3.71. The summed E-state index contributed by atoms with van der Waals surface area (Å²) in [6.45, 7) is 4.42. The smallest absolute Gasteiger partial charge is 0.264 e. The summed E-state index contributed by atoms with van der Waals surface area (Å²) in [6.07, 6.45) is 0. The number of hydrogen-bond acceptors (Lipinski definition) is 4. The maximum atomic E-state index is 13.8. The molecular weight excluding hydrogens is 552 g/mol. The van der Waals surface area contributed by atoms with Crippen molar-refractivity contribution in [1.82, 2.24) is 10.2 Å². The zero-order chi connectivity index (χ0) is 28.0. The van der Waals surface area contributed by atoms with Crippen molar-refractivity contribution in [3.8, 4) is 0 Å². The van der Waals surface area contributed by atoms with Crippen molar-refractivity contribution in [2.24, 2.45) is 0 Å². The van der Waals surface area contributed by atoms with Crippen LogP contribution in [0.25, 0.3) is 0 Å². The lowest BCUT2D eigenvalue weighted by Gasteiger charge is -2.32. The van der Waals surface area contributed by atoms with E-state index < -0.39 is 40.2 Å². The fraction of sp³-hybridized carbons (Fsp3) is 0.259. The van der Waals surface area contributed by atoms with Crippen LogP contribution in [0.3, 0.4) is 0 Å². The lowest BCUT2D eigenvalue weighted by Crippen LogP contribution is -2.52. The lowest BCUT2D eigenvalue weighted by molar-refractivity contribution is -0.139. The molecule has 1 atom stereocenters. The molecule has 7 nitrogen and oxygen atoms in total. The van der Waals surface area contributed by atoms with Crippen LogP contribution in [0.5, 0.6) is 0 Å². The Hall–Kier alpha value is -3.14. The number of carbonyl (C=O) groups excluding carboxylic acids is 2. The summed E-state index contributed by atoms with van der Waals surface area (Å²) in [5.74, 6) is -1.52. The highest BCUT2D eigenvalue weighted by atomic mass is 35.5. The molecule has 0 bridgehead atoms. The number of benzene rings is 3. The molecule has 0 aliphatic rings. The van der Waals surface area contributed by atoms with Gasteiger partial charge in [0.25, 0.3) is 10.0 Å². The van der Waals surface area contributed by atoms with E-state index in [1.165, 1.54) is 59.5 Å². The van der Waals surface area contributed by atoms with Gasteiger partial charge in [0, 0.05) is 22.6 Å². The summed E-state index contributed by atoms with van der Waals surface area (Å²) in [6, 6.07) is 16.2. The molecule has 2 amide bonds. The van der Waals surface area contributed by atoms with Crippen molar-refractivity contribution < 1.29 is 22.4 Å². The first kappa shape index (κ1) is 29.4. The molecule has 0 heterocycles. The Bertz CT molecular complexity index is 1370. The monoisotopic (exact) mass is 579 g/mol. The number of rotatable bonds is 10. The Kier molecular flexibility index (Phi) is 9.76. The predicted octanol–water partition coefficient (Wildman–Crippen LogP) is 5.27. The van der Waals surface area contributed by atoms with E-state index in [2.05, 4.69) is 5.32 Å². The van der Waals surface area contributed by atoms with Crippen LogP contribution in [0, 0.1) is 5.82 Å². The minimum Gasteiger partial charge on any atom is -0.352 e. The maximum absolute atomic E-state index is 13.8. The quantitative estimate of drug-likeness (QED) is 0.354. The molecule has 38 heavy (non-hydrogen) atoms. The molecular formula is C27H28Cl2FN3O4S. The molecule has 0 radical (unpaired) electrons. The van der Waals surface area contributed by atoms with Crippen molar-refractivity contribution in [2.45, 2.75) is 44.3 Å². The molecule has 3 aromatic carbocycles. The zero-order valence-electron chi connectivity index (χ0n) is 21.1. The third kappa shape index (κ3) is 7.46. The van der Waals surface area contributed by atoms with Gasteiger partial charge in [0.1, 0.15) is 18.4 Å². The second kappa shape index (κ2) is 12.6. The van der Waals surface area contributed by atoms with E-state index in [9.17, 15) is 22.4 Å². The van der Waals surface area contributed by atoms with Crippen LogP contribution >= 0.6 is 23.2 Å². The molecule has 3 rings (SSSR count). The van der Waals surface area contributed by atoms with Crippen LogP contribution in [0.1, 0.15) is 26.3 Å². The van der Waals surface area contributed by atoms with E-state index in [1.54, 1.807) is 39.0 Å². The molecule has 3 aromatic rings.